The van der Waals surface area contributed by atoms with Gasteiger partial charge in [-0.2, -0.15) is 4.72 Å². The number of hydrogen-bond acceptors (Lipinski definition) is 7. The normalized spacial score (nSPS) is 21.0. The van der Waals surface area contributed by atoms with Gasteiger partial charge in [0, 0.05) is 38.3 Å². The maximum atomic E-state index is 12.6. The lowest BCUT2D eigenvalue weighted by Crippen LogP contribution is -2.61. The van der Waals surface area contributed by atoms with Gasteiger partial charge in [0.15, 0.2) is 9.84 Å². The Bertz CT molecular complexity index is 1110. The van der Waals surface area contributed by atoms with Gasteiger partial charge in [-0.3, -0.25) is 9.88 Å². The summed E-state index contributed by atoms with van der Waals surface area (Å²) in [7, 11) is -6.92. The Morgan fingerprint density at radius 2 is 1.89 bits per heavy atom. The Morgan fingerprint density at radius 1 is 1.18 bits per heavy atom. The van der Waals surface area contributed by atoms with Crippen molar-refractivity contribution in [1.82, 2.24) is 14.6 Å². The van der Waals surface area contributed by atoms with Crippen LogP contribution in [-0.2, 0) is 26.4 Å². The Hall–Kier alpha value is -2.01. The smallest absolute Gasteiger partial charge is 0.246 e. The van der Waals surface area contributed by atoms with Gasteiger partial charge in [0.1, 0.15) is 10.6 Å². The number of fused-ring (bicyclic) bond motifs is 1. The second-order valence-electron chi connectivity index (χ2n) is 7.34. The minimum absolute atomic E-state index is 0.158. The van der Waals surface area contributed by atoms with E-state index in [0.717, 1.165) is 5.56 Å². The van der Waals surface area contributed by atoms with Crippen molar-refractivity contribution in [2.75, 3.05) is 24.7 Å². The average molecular weight is 423 g/mol. The van der Waals surface area contributed by atoms with Crippen molar-refractivity contribution in [3.63, 3.8) is 0 Å². The van der Waals surface area contributed by atoms with E-state index in [9.17, 15) is 16.8 Å². The van der Waals surface area contributed by atoms with Crippen LogP contribution in [0.25, 0.3) is 0 Å². The molecule has 0 radical (unpaired) electrons. The minimum atomic E-state index is -3.63. The fourth-order valence-corrected chi connectivity index (χ4v) is 6.27. The Balaban J connectivity index is 1.51. The van der Waals surface area contributed by atoms with Crippen molar-refractivity contribution < 1.29 is 16.8 Å². The highest BCUT2D eigenvalue weighted by Crippen LogP contribution is 2.34. The topological polar surface area (TPSA) is 108 Å². The molecule has 2 aliphatic heterocycles. The van der Waals surface area contributed by atoms with Crippen molar-refractivity contribution in [3.05, 3.63) is 48.3 Å². The predicted molar refractivity (Wildman–Crippen MR) is 105 cm³/mol. The van der Waals surface area contributed by atoms with Crippen molar-refractivity contribution >= 4 is 25.5 Å². The maximum absolute atomic E-state index is 12.6. The van der Waals surface area contributed by atoms with Crippen molar-refractivity contribution in [2.45, 2.75) is 34.8 Å². The molecule has 0 amide bonds. The molecule has 0 unspecified atom stereocenters. The second kappa shape index (κ2) is 6.80. The molecule has 1 saturated heterocycles. The molecule has 0 atom stereocenters. The van der Waals surface area contributed by atoms with Crippen LogP contribution in [-0.4, -0.2) is 51.7 Å². The number of nitrogens with one attached hydrogen (secondary N) is 2. The van der Waals surface area contributed by atoms with Crippen LogP contribution in [0.3, 0.4) is 0 Å². The van der Waals surface area contributed by atoms with Crippen LogP contribution in [0.1, 0.15) is 18.4 Å². The molecular formula is C18H22N4O4S2. The molecule has 2 N–H and O–H groups in total. The zero-order valence-electron chi connectivity index (χ0n) is 15.4. The van der Waals surface area contributed by atoms with E-state index in [-0.39, 0.29) is 4.90 Å². The first-order chi connectivity index (χ1) is 13.2. The lowest BCUT2D eigenvalue weighted by Gasteiger charge is -2.45. The number of hydrogen-bond donors (Lipinski definition) is 2. The Morgan fingerprint density at radius 3 is 2.61 bits per heavy atom. The third kappa shape index (κ3) is 3.64. The molecule has 10 heteroatoms. The molecule has 1 aromatic carbocycles. The number of aromatic nitrogens is 1. The highest BCUT2D eigenvalue weighted by molar-refractivity contribution is 7.90. The van der Waals surface area contributed by atoms with Crippen LogP contribution in [0.4, 0.5) is 5.69 Å². The van der Waals surface area contributed by atoms with E-state index in [1.165, 1.54) is 12.5 Å². The molecule has 1 fully saturated rings. The van der Waals surface area contributed by atoms with E-state index in [4.69, 9.17) is 0 Å². The summed E-state index contributed by atoms with van der Waals surface area (Å²) in [6, 6.07) is 8.67. The summed E-state index contributed by atoms with van der Waals surface area (Å²) in [6.07, 6.45) is 5.25. The third-order valence-electron chi connectivity index (χ3n) is 5.25. The monoisotopic (exact) mass is 422 g/mol. The summed E-state index contributed by atoms with van der Waals surface area (Å²) >= 11 is 0. The summed E-state index contributed by atoms with van der Waals surface area (Å²) in [5, 5.41) is 3.34. The molecule has 0 aliphatic carbocycles. The number of anilines is 1. The van der Waals surface area contributed by atoms with Gasteiger partial charge in [0.2, 0.25) is 10.0 Å². The van der Waals surface area contributed by atoms with Gasteiger partial charge in [-0.15, -0.1) is 0 Å². The SMILES string of the molecule is CS(=O)(=O)c1ccccc1CN1CCC2(CC1)Nc1ccncc1S(=O)(=O)N2. The van der Waals surface area contributed by atoms with Gasteiger partial charge in [0.25, 0.3) is 0 Å². The number of likely N-dealkylation sites (tertiary alicyclic amines) is 1. The van der Waals surface area contributed by atoms with E-state index in [0.29, 0.717) is 43.1 Å². The van der Waals surface area contributed by atoms with Gasteiger partial charge in [-0.25, -0.2) is 16.8 Å². The molecule has 0 bridgehead atoms. The van der Waals surface area contributed by atoms with E-state index < -0.39 is 25.5 Å². The molecule has 28 heavy (non-hydrogen) atoms. The second-order valence-corrected chi connectivity index (χ2v) is 11.0. The molecule has 150 valence electrons. The number of sulfonamides is 1. The van der Waals surface area contributed by atoms with Crippen LogP contribution in [0.2, 0.25) is 0 Å². The average Bonchev–Trinajstić information content (AvgIpc) is 2.63. The zero-order chi connectivity index (χ0) is 20.0. The summed E-state index contributed by atoms with van der Waals surface area (Å²) < 4.78 is 52.0. The molecule has 1 spiro atoms. The first kappa shape index (κ1) is 19.3. The van der Waals surface area contributed by atoms with Crippen LogP contribution in [0.15, 0.2) is 52.5 Å². The number of nitrogens with zero attached hydrogens (tertiary/aromatic N) is 2. The lowest BCUT2D eigenvalue weighted by atomic mass is 9.96. The third-order valence-corrected chi connectivity index (χ3v) is 8.01. The molecule has 4 rings (SSSR count). The molecule has 8 nitrogen and oxygen atoms in total. The fraction of sp³-hybridized carbons (Fsp3) is 0.389. The quantitative estimate of drug-likeness (QED) is 0.765. The number of rotatable bonds is 3. The Kier molecular flexibility index (Phi) is 4.69. The van der Waals surface area contributed by atoms with Crippen LogP contribution >= 0.6 is 0 Å². The van der Waals surface area contributed by atoms with Gasteiger partial charge in [-0.1, -0.05) is 18.2 Å². The maximum Gasteiger partial charge on any atom is 0.246 e. The number of benzene rings is 1. The standard InChI is InChI=1S/C18H22N4O4S2/c1-27(23,24)16-5-3-2-4-14(16)13-22-10-7-18(8-11-22)20-15-6-9-19-12-17(15)28(25,26)21-18/h2-6,9,12,20-21H,7-8,10-11,13H2,1H3. The summed E-state index contributed by atoms with van der Waals surface area (Å²) in [5.41, 5.74) is 0.583. The molecular weight excluding hydrogens is 400 g/mol. The molecule has 2 aromatic rings. The predicted octanol–water partition coefficient (Wildman–Crippen LogP) is 1.18. The lowest BCUT2D eigenvalue weighted by molar-refractivity contribution is 0.158. The van der Waals surface area contributed by atoms with Crippen molar-refractivity contribution in [1.29, 1.82) is 0 Å². The number of piperidine rings is 1. The molecule has 1 aromatic heterocycles. The van der Waals surface area contributed by atoms with Crippen LogP contribution < -0.4 is 10.0 Å². The van der Waals surface area contributed by atoms with Gasteiger partial charge < -0.3 is 5.32 Å². The summed E-state index contributed by atoms with van der Waals surface area (Å²) in [6.45, 7) is 1.77. The molecule has 0 saturated carbocycles. The van der Waals surface area contributed by atoms with E-state index in [1.807, 2.05) is 12.1 Å². The van der Waals surface area contributed by atoms with Crippen LogP contribution in [0, 0.1) is 0 Å². The first-order valence-corrected chi connectivity index (χ1v) is 12.3. The zero-order valence-corrected chi connectivity index (χ0v) is 17.1. The van der Waals surface area contributed by atoms with Gasteiger partial charge in [0.05, 0.1) is 10.6 Å². The summed E-state index contributed by atoms with van der Waals surface area (Å²) in [4.78, 5) is 6.54. The highest BCUT2D eigenvalue weighted by Gasteiger charge is 2.43. The van der Waals surface area contributed by atoms with Gasteiger partial charge >= 0.3 is 0 Å². The molecule has 3 heterocycles. The van der Waals surface area contributed by atoms with E-state index in [1.54, 1.807) is 24.4 Å². The molecule has 2 aliphatic rings. The first-order valence-electron chi connectivity index (χ1n) is 8.95. The van der Waals surface area contributed by atoms with Gasteiger partial charge in [-0.05, 0) is 30.5 Å². The largest absolute Gasteiger partial charge is 0.365 e. The summed E-state index contributed by atoms with van der Waals surface area (Å²) in [5.74, 6) is 0. The fourth-order valence-electron chi connectivity index (χ4n) is 3.85. The van der Waals surface area contributed by atoms with E-state index >= 15 is 0 Å². The van der Waals surface area contributed by atoms with E-state index in [2.05, 4.69) is 19.9 Å². The number of sulfone groups is 1. The van der Waals surface area contributed by atoms with Crippen molar-refractivity contribution in [3.8, 4) is 0 Å². The number of pyridine rings is 1. The Labute approximate surface area is 164 Å². The minimum Gasteiger partial charge on any atom is -0.365 e. The van der Waals surface area contributed by atoms with Crippen LogP contribution in [0.5, 0.6) is 0 Å². The van der Waals surface area contributed by atoms with Crippen molar-refractivity contribution in [2.24, 2.45) is 0 Å². The highest BCUT2D eigenvalue weighted by atomic mass is 32.2.